The Bertz CT molecular complexity index is 745. The summed E-state index contributed by atoms with van der Waals surface area (Å²) in [5, 5.41) is 3.52. The summed E-state index contributed by atoms with van der Waals surface area (Å²) in [5.74, 6) is 0.868. The van der Waals surface area contributed by atoms with Gasteiger partial charge in [-0.05, 0) is 31.9 Å². The molecule has 2 aliphatic heterocycles. The molecule has 1 aromatic carbocycles. The molecule has 0 radical (unpaired) electrons. The van der Waals surface area contributed by atoms with Gasteiger partial charge in [0.05, 0.1) is 18.8 Å². The lowest BCUT2D eigenvalue weighted by molar-refractivity contribution is -0.0705. The van der Waals surface area contributed by atoms with Gasteiger partial charge in [-0.2, -0.15) is 0 Å². The molecule has 1 amide bonds. The fraction of sp³-hybridized carbons (Fsp3) is 0.652. The quantitative estimate of drug-likeness (QED) is 0.340. The van der Waals surface area contributed by atoms with Crippen LogP contribution in [0.1, 0.15) is 31.9 Å². The number of hydrogen-bond donors (Lipinski definition) is 1. The average Bonchev–Trinajstić information content (AvgIpc) is 2.75. The van der Waals surface area contributed by atoms with E-state index >= 15 is 0 Å². The number of rotatable bonds is 5. The average molecular weight is 559 g/mol. The fourth-order valence-corrected chi connectivity index (χ4v) is 4.36. The molecule has 2 heterocycles. The van der Waals surface area contributed by atoms with Crippen LogP contribution in [0.25, 0.3) is 0 Å². The number of halogens is 1. The second kappa shape index (κ2) is 13.2. The van der Waals surface area contributed by atoms with Crippen molar-refractivity contribution in [2.45, 2.75) is 46.1 Å². The first kappa shape index (κ1) is 26.7. The maximum Gasteiger partial charge on any atom is 0.409 e. The lowest BCUT2D eigenvalue weighted by Crippen LogP contribution is -2.53. The number of ether oxygens (including phenoxy) is 2. The van der Waals surface area contributed by atoms with Crippen LogP contribution < -0.4 is 5.32 Å². The standard InChI is InChI=1S/C23H37N5O3.HI/c1-5-30-23(29)28-12-10-27(11-13-28)22(24-4)25-14-20-8-6-7-9-21(20)17-26-15-18(2)31-19(3)16-26;/h6-9,18-19H,5,10-17H2,1-4H3,(H,24,25);1H. The molecule has 1 N–H and O–H groups in total. The molecular formula is C23H38IN5O3. The van der Waals surface area contributed by atoms with E-state index in [-0.39, 0.29) is 42.3 Å². The van der Waals surface area contributed by atoms with Crippen LogP contribution in [-0.2, 0) is 22.6 Å². The van der Waals surface area contributed by atoms with Gasteiger partial charge in [0, 0.05) is 59.4 Å². The van der Waals surface area contributed by atoms with Crippen LogP contribution in [0.2, 0.25) is 0 Å². The van der Waals surface area contributed by atoms with Crippen molar-refractivity contribution in [1.82, 2.24) is 20.0 Å². The van der Waals surface area contributed by atoms with Gasteiger partial charge in [0.1, 0.15) is 0 Å². The van der Waals surface area contributed by atoms with E-state index in [9.17, 15) is 4.79 Å². The third kappa shape index (κ3) is 7.48. The first-order chi connectivity index (χ1) is 15.0. The number of nitrogens with zero attached hydrogens (tertiary/aromatic N) is 4. The minimum atomic E-state index is -0.231. The summed E-state index contributed by atoms with van der Waals surface area (Å²) in [4.78, 5) is 22.8. The number of aliphatic imine (C=N–C) groups is 1. The smallest absolute Gasteiger partial charge is 0.409 e. The SMILES string of the molecule is CCOC(=O)N1CCN(C(=NC)NCc2ccccc2CN2CC(C)OC(C)C2)CC1.I. The van der Waals surface area contributed by atoms with Crippen LogP contribution in [0.4, 0.5) is 4.79 Å². The van der Waals surface area contributed by atoms with Crippen molar-refractivity contribution in [2.24, 2.45) is 4.99 Å². The fourth-order valence-electron chi connectivity index (χ4n) is 4.36. The van der Waals surface area contributed by atoms with E-state index in [1.807, 2.05) is 14.0 Å². The molecule has 9 heteroatoms. The van der Waals surface area contributed by atoms with Gasteiger partial charge in [0.2, 0.25) is 0 Å². The molecule has 2 unspecified atom stereocenters. The van der Waals surface area contributed by atoms with Crippen molar-refractivity contribution in [3.63, 3.8) is 0 Å². The Kier molecular flexibility index (Phi) is 11.0. The number of carbonyl (C=O) groups excluding carboxylic acids is 1. The zero-order chi connectivity index (χ0) is 22.2. The Morgan fingerprint density at radius 1 is 1.09 bits per heavy atom. The maximum atomic E-state index is 11.9. The van der Waals surface area contributed by atoms with Gasteiger partial charge in [-0.3, -0.25) is 9.89 Å². The molecule has 2 atom stereocenters. The lowest BCUT2D eigenvalue weighted by atomic mass is 10.1. The number of amides is 1. The molecule has 32 heavy (non-hydrogen) atoms. The summed E-state index contributed by atoms with van der Waals surface area (Å²) in [6, 6.07) is 8.59. The molecule has 2 fully saturated rings. The van der Waals surface area contributed by atoms with Crippen LogP contribution in [0.15, 0.2) is 29.3 Å². The predicted molar refractivity (Wildman–Crippen MR) is 138 cm³/mol. The largest absolute Gasteiger partial charge is 0.450 e. The highest BCUT2D eigenvalue weighted by atomic mass is 127. The van der Waals surface area contributed by atoms with Crippen molar-refractivity contribution >= 4 is 36.0 Å². The number of benzene rings is 1. The van der Waals surface area contributed by atoms with Crippen LogP contribution in [0.3, 0.4) is 0 Å². The van der Waals surface area contributed by atoms with Gasteiger partial charge in [-0.1, -0.05) is 24.3 Å². The molecule has 1 aromatic rings. The van der Waals surface area contributed by atoms with Gasteiger partial charge >= 0.3 is 6.09 Å². The summed E-state index contributed by atoms with van der Waals surface area (Å²) < 4.78 is 11.0. The molecule has 2 aliphatic rings. The van der Waals surface area contributed by atoms with E-state index in [1.54, 1.807) is 4.90 Å². The molecule has 2 saturated heterocycles. The Labute approximate surface area is 209 Å². The molecule has 0 saturated carbocycles. The highest BCUT2D eigenvalue weighted by molar-refractivity contribution is 14.0. The zero-order valence-electron chi connectivity index (χ0n) is 19.7. The Balaban J connectivity index is 0.00000363. The van der Waals surface area contributed by atoms with E-state index in [0.717, 1.165) is 45.2 Å². The van der Waals surface area contributed by atoms with Crippen LogP contribution in [-0.4, -0.2) is 91.9 Å². The summed E-state index contributed by atoms with van der Waals surface area (Å²) >= 11 is 0. The molecule has 8 nitrogen and oxygen atoms in total. The van der Waals surface area contributed by atoms with Crippen molar-refractivity contribution < 1.29 is 14.3 Å². The van der Waals surface area contributed by atoms with Gasteiger partial charge in [0.15, 0.2) is 5.96 Å². The van der Waals surface area contributed by atoms with Gasteiger partial charge < -0.3 is 24.6 Å². The molecular weight excluding hydrogens is 521 g/mol. The first-order valence-corrected chi connectivity index (χ1v) is 11.3. The van der Waals surface area contributed by atoms with E-state index < -0.39 is 0 Å². The number of piperazine rings is 1. The van der Waals surface area contributed by atoms with Crippen LogP contribution >= 0.6 is 24.0 Å². The highest BCUT2D eigenvalue weighted by Gasteiger charge is 2.25. The number of morpholine rings is 1. The Morgan fingerprint density at radius 2 is 1.69 bits per heavy atom. The van der Waals surface area contributed by atoms with Crippen LogP contribution in [0, 0.1) is 0 Å². The lowest BCUT2D eigenvalue weighted by Gasteiger charge is -2.36. The molecule has 0 spiro atoms. The molecule has 0 aliphatic carbocycles. The minimum Gasteiger partial charge on any atom is -0.450 e. The molecule has 3 rings (SSSR count). The zero-order valence-corrected chi connectivity index (χ0v) is 22.1. The maximum absolute atomic E-state index is 11.9. The van der Waals surface area contributed by atoms with Crippen molar-refractivity contribution in [1.29, 1.82) is 0 Å². The topological polar surface area (TPSA) is 69.6 Å². The van der Waals surface area contributed by atoms with Gasteiger partial charge in [-0.15, -0.1) is 24.0 Å². The third-order valence-corrected chi connectivity index (χ3v) is 5.76. The monoisotopic (exact) mass is 559 g/mol. The number of guanidine groups is 1. The van der Waals surface area contributed by atoms with Crippen molar-refractivity contribution in [3.05, 3.63) is 35.4 Å². The minimum absolute atomic E-state index is 0. The Hall–Kier alpha value is -1.59. The van der Waals surface area contributed by atoms with Gasteiger partial charge in [-0.25, -0.2) is 4.79 Å². The molecule has 0 aromatic heterocycles. The van der Waals surface area contributed by atoms with E-state index in [2.05, 4.69) is 58.2 Å². The summed E-state index contributed by atoms with van der Waals surface area (Å²) in [5.41, 5.74) is 2.61. The predicted octanol–water partition coefficient (Wildman–Crippen LogP) is 2.76. The summed E-state index contributed by atoms with van der Waals surface area (Å²) in [7, 11) is 1.81. The number of carbonyl (C=O) groups is 1. The molecule has 0 bridgehead atoms. The van der Waals surface area contributed by atoms with E-state index in [0.29, 0.717) is 19.7 Å². The number of hydrogen-bond acceptors (Lipinski definition) is 5. The molecule has 180 valence electrons. The van der Waals surface area contributed by atoms with E-state index in [4.69, 9.17) is 9.47 Å². The van der Waals surface area contributed by atoms with Crippen molar-refractivity contribution in [3.8, 4) is 0 Å². The summed E-state index contributed by atoms with van der Waals surface area (Å²) in [6.07, 6.45) is 0.299. The first-order valence-electron chi connectivity index (χ1n) is 11.3. The van der Waals surface area contributed by atoms with Crippen molar-refractivity contribution in [2.75, 3.05) is 52.9 Å². The summed E-state index contributed by atoms with van der Waals surface area (Å²) in [6.45, 7) is 12.8. The Morgan fingerprint density at radius 3 is 2.28 bits per heavy atom. The second-order valence-corrected chi connectivity index (χ2v) is 8.29. The second-order valence-electron chi connectivity index (χ2n) is 8.29. The van der Waals surface area contributed by atoms with Gasteiger partial charge in [0.25, 0.3) is 0 Å². The number of nitrogens with one attached hydrogen (secondary N) is 1. The van der Waals surface area contributed by atoms with Crippen LogP contribution in [0.5, 0.6) is 0 Å². The third-order valence-electron chi connectivity index (χ3n) is 5.76. The normalized spacial score (nSPS) is 22.3. The van der Waals surface area contributed by atoms with E-state index in [1.165, 1.54) is 11.1 Å². The highest BCUT2D eigenvalue weighted by Crippen LogP contribution is 2.17.